The lowest BCUT2D eigenvalue weighted by Gasteiger charge is -2.19. The van der Waals surface area contributed by atoms with E-state index in [1.165, 1.54) is 0 Å². The van der Waals surface area contributed by atoms with E-state index in [1.807, 2.05) is 13.2 Å². The second kappa shape index (κ2) is 7.38. The smallest absolute Gasteiger partial charge is 0.326 e. The van der Waals surface area contributed by atoms with Gasteiger partial charge in [-0.15, -0.1) is 0 Å². The van der Waals surface area contributed by atoms with E-state index in [-0.39, 0.29) is 5.92 Å². The van der Waals surface area contributed by atoms with Gasteiger partial charge in [-0.2, -0.15) is 11.8 Å². The van der Waals surface area contributed by atoms with Crippen LogP contribution in [-0.4, -0.2) is 41.2 Å². The van der Waals surface area contributed by atoms with Gasteiger partial charge in [-0.05, 0) is 12.2 Å². The van der Waals surface area contributed by atoms with Crippen molar-refractivity contribution in [1.29, 1.82) is 0 Å². The Balaban J connectivity index is 4.06. The average molecular weight is 248 g/mol. The van der Waals surface area contributed by atoms with Gasteiger partial charge < -0.3 is 15.7 Å². The Labute approximate surface area is 100 Å². The van der Waals surface area contributed by atoms with Gasteiger partial charge in [0.05, 0.1) is 0 Å². The molecule has 16 heavy (non-hydrogen) atoms. The number of hydrogen-bond acceptors (Lipinski definition) is 3. The third-order valence-electron chi connectivity index (χ3n) is 2.17. The predicted octanol–water partition coefficient (Wildman–Crippen LogP) is 1.15. The summed E-state index contributed by atoms with van der Waals surface area (Å²) in [5.41, 5.74) is 0. The number of aliphatic carboxylic acids is 1. The molecule has 0 saturated carbocycles. The van der Waals surface area contributed by atoms with Gasteiger partial charge in [0.2, 0.25) is 0 Å². The van der Waals surface area contributed by atoms with Crippen LogP contribution in [-0.2, 0) is 4.79 Å². The van der Waals surface area contributed by atoms with Crippen LogP contribution in [0.5, 0.6) is 0 Å². The van der Waals surface area contributed by atoms with Crippen molar-refractivity contribution in [2.45, 2.75) is 32.1 Å². The number of urea groups is 1. The highest BCUT2D eigenvalue weighted by Crippen LogP contribution is 2.03. The second-order valence-corrected chi connectivity index (χ2v) is 5.24. The second-order valence-electron chi connectivity index (χ2n) is 3.96. The lowest BCUT2D eigenvalue weighted by atomic mass is 10.1. The monoisotopic (exact) mass is 248 g/mol. The fourth-order valence-corrected chi connectivity index (χ4v) is 1.28. The Kier molecular flexibility index (Phi) is 6.96. The Morgan fingerprint density at radius 1 is 1.31 bits per heavy atom. The first-order valence-electron chi connectivity index (χ1n) is 5.18. The molecule has 0 aliphatic rings. The Morgan fingerprint density at radius 3 is 2.25 bits per heavy atom. The molecule has 0 aromatic rings. The standard InChI is InChI=1S/C10H20N2O3S/c1-6(2)8(9(13)14)12-10(15)11-5-7(3)16-4/h6-8H,5H2,1-4H3,(H,13,14)(H2,11,12,15)/t7?,8-/m1/s1. The van der Waals surface area contributed by atoms with Crippen molar-refractivity contribution >= 4 is 23.8 Å². The fraction of sp³-hybridized carbons (Fsp3) is 0.800. The maximum Gasteiger partial charge on any atom is 0.326 e. The molecular formula is C10H20N2O3S. The number of thioether (sulfide) groups is 1. The minimum absolute atomic E-state index is 0.138. The average Bonchev–Trinajstić information content (AvgIpc) is 2.21. The summed E-state index contributed by atoms with van der Waals surface area (Å²) in [5, 5.41) is 14.3. The minimum Gasteiger partial charge on any atom is -0.480 e. The summed E-state index contributed by atoms with van der Waals surface area (Å²) in [6.45, 7) is 6.02. The van der Waals surface area contributed by atoms with E-state index < -0.39 is 18.0 Å². The van der Waals surface area contributed by atoms with Crippen molar-refractivity contribution in [1.82, 2.24) is 10.6 Å². The molecule has 0 spiro atoms. The van der Waals surface area contributed by atoms with Crippen molar-refractivity contribution in [3.63, 3.8) is 0 Å². The van der Waals surface area contributed by atoms with E-state index >= 15 is 0 Å². The zero-order chi connectivity index (χ0) is 12.7. The van der Waals surface area contributed by atoms with Crippen LogP contribution in [0.1, 0.15) is 20.8 Å². The van der Waals surface area contributed by atoms with Crippen LogP contribution in [0.25, 0.3) is 0 Å². The highest BCUT2D eigenvalue weighted by Gasteiger charge is 2.23. The molecule has 0 aromatic carbocycles. The molecular weight excluding hydrogens is 228 g/mol. The molecule has 0 aliphatic heterocycles. The van der Waals surface area contributed by atoms with Crippen LogP contribution < -0.4 is 10.6 Å². The van der Waals surface area contributed by atoms with Gasteiger partial charge in [-0.3, -0.25) is 0 Å². The lowest BCUT2D eigenvalue weighted by Crippen LogP contribution is -2.49. The number of carbonyl (C=O) groups excluding carboxylic acids is 1. The molecule has 0 rings (SSSR count). The van der Waals surface area contributed by atoms with Crippen molar-refractivity contribution in [2.24, 2.45) is 5.92 Å². The number of rotatable bonds is 6. The quantitative estimate of drug-likeness (QED) is 0.659. The van der Waals surface area contributed by atoms with Crippen LogP contribution in [0.3, 0.4) is 0 Å². The number of hydrogen-bond donors (Lipinski definition) is 3. The maximum atomic E-state index is 11.4. The molecule has 2 amide bonds. The molecule has 5 nitrogen and oxygen atoms in total. The SMILES string of the molecule is CSC(C)CNC(=O)N[C@@H](C(=O)O)C(C)C. The third kappa shape index (κ3) is 5.85. The number of carboxylic acids is 1. The summed E-state index contributed by atoms with van der Waals surface area (Å²) in [4.78, 5) is 22.2. The topological polar surface area (TPSA) is 78.4 Å². The van der Waals surface area contributed by atoms with E-state index in [2.05, 4.69) is 10.6 Å². The molecule has 0 radical (unpaired) electrons. The van der Waals surface area contributed by atoms with E-state index in [0.29, 0.717) is 11.8 Å². The van der Waals surface area contributed by atoms with E-state index in [9.17, 15) is 9.59 Å². The molecule has 0 aromatic heterocycles. The number of carboxylic acid groups (broad SMARTS) is 1. The molecule has 0 saturated heterocycles. The van der Waals surface area contributed by atoms with Gasteiger partial charge >= 0.3 is 12.0 Å². The van der Waals surface area contributed by atoms with E-state index in [0.717, 1.165) is 0 Å². The number of nitrogens with one attached hydrogen (secondary N) is 2. The van der Waals surface area contributed by atoms with Crippen LogP contribution in [0, 0.1) is 5.92 Å². The first-order valence-corrected chi connectivity index (χ1v) is 6.47. The molecule has 0 heterocycles. The largest absolute Gasteiger partial charge is 0.480 e. The Hall–Kier alpha value is -0.910. The summed E-state index contributed by atoms with van der Waals surface area (Å²) < 4.78 is 0. The maximum absolute atomic E-state index is 11.4. The van der Waals surface area contributed by atoms with Gasteiger partial charge in [0.1, 0.15) is 6.04 Å². The summed E-state index contributed by atoms with van der Waals surface area (Å²) in [5.74, 6) is -1.15. The zero-order valence-electron chi connectivity index (χ0n) is 10.1. The van der Waals surface area contributed by atoms with Crippen molar-refractivity contribution in [3.05, 3.63) is 0 Å². The van der Waals surface area contributed by atoms with E-state index in [4.69, 9.17) is 5.11 Å². The van der Waals surface area contributed by atoms with Crippen LogP contribution >= 0.6 is 11.8 Å². The fourth-order valence-electron chi connectivity index (χ4n) is 1.03. The highest BCUT2D eigenvalue weighted by molar-refractivity contribution is 7.99. The highest BCUT2D eigenvalue weighted by atomic mass is 32.2. The van der Waals surface area contributed by atoms with Crippen LogP contribution in [0.2, 0.25) is 0 Å². The minimum atomic E-state index is -1.01. The van der Waals surface area contributed by atoms with Gasteiger partial charge in [0.25, 0.3) is 0 Å². The van der Waals surface area contributed by atoms with Gasteiger partial charge in [0.15, 0.2) is 0 Å². The predicted molar refractivity (Wildman–Crippen MR) is 65.8 cm³/mol. The Bertz CT molecular complexity index is 246. The van der Waals surface area contributed by atoms with Crippen LogP contribution in [0.4, 0.5) is 4.79 Å². The van der Waals surface area contributed by atoms with Crippen molar-refractivity contribution in [3.8, 4) is 0 Å². The number of carbonyl (C=O) groups is 2. The van der Waals surface area contributed by atoms with Gasteiger partial charge in [-0.25, -0.2) is 9.59 Å². The van der Waals surface area contributed by atoms with Gasteiger partial charge in [-0.1, -0.05) is 20.8 Å². The first-order chi connectivity index (χ1) is 7.38. The molecule has 94 valence electrons. The summed E-state index contributed by atoms with van der Waals surface area (Å²) in [7, 11) is 0. The molecule has 2 atom stereocenters. The summed E-state index contributed by atoms with van der Waals surface area (Å²) in [6, 6.07) is -1.27. The molecule has 1 unspecified atom stereocenters. The van der Waals surface area contributed by atoms with Crippen molar-refractivity contribution < 1.29 is 14.7 Å². The third-order valence-corrected chi connectivity index (χ3v) is 3.14. The summed E-state index contributed by atoms with van der Waals surface area (Å²) >= 11 is 1.64. The summed E-state index contributed by atoms with van der Waals surface area (Å²) in [6.07, 6.45) is 1.96. The first kappa shape index (κ1) is 15.1. The molecule has 0 aliphatic carbocycles. The van der Waals surface area contributed by atoms with Crippen LogP contribution in [0.15, 0.2) is 0 Å². The lowest BCUT2D eigenvalue weighted by molar-refractivity contribution is -0.140. The Morgan fingerprint density at radius 2 is 1.88 bits per heavy atom. The molecule has 6 heteroatoms. The molecule has 0 fully saturated rings. The van der Waals surface area contributed by atoms with E-state index in [1.54, 1.807) is 25.6 Å². The zero-order valence-corrected chi connectivity index (χ0v) is 10.9. The molecule has 3 N–H and O–H groups in total. The van der Waals surface area contributed by atoms with Gasteiger partial charge in [0, 0.05) is 11.8 Å². The van der Waals surface area contributed by atoms with Crippen molar-refractivity contribution in [2.75, 3.05) is 12.8 Å². The molecule has 0 bridgehead atoms. The number of amides is 2. The normalized spacial score (nSPS) is 14.3.